The molecule has 0 aliphatic carbocycles. The number of ether oxygens (including phenoxy) is 2. The molecule has 0 bridgehead atoms. The highest BCUT2D eigenvalue weighted by molar-refractivity contribution is 7.47. The standard InChI is InChI=1S/C41H74NO8P/c1-3-5-7-9-11-13-15-17-19-21-23-25-27-29-31-33-40(43)47-37-39(38-49-51(45,46)48-36-35-42)50-41(44)34-32-30-28-26-24-22-20-18-16-14-12-10-8-6-4-2/h6,8,12,14,18,20,24,26,39H,3-5,7,9-11,13,15-17,19,21-23,25,27-38,42H2,1-2H3,(H,45,46)/b8-6+,14-12+,20-18+,26-24+/t39-/m1/s1. The summed E-state index contributed by atoms with van der Waals surface area (Å²) >= 11 is 0. The van der Waals surface area contributed by atoms with Crippen LogP contribution in [0.2, 0.25) is 0 Å². The molecule has 0 heterocycles. The molecule has 0 aromatic carbocycles. The van der Waals surface area contributed by atoms with Gasteiger partial charge in [0.05, 0.1) is 13.2 Å². The van der Waals surface area contributed by atoms with Crippen molar-refractivity contribution in [3.05, 3.63) is 48.6 Å². The van der Waals surface area contributed by atoms with E-state index in [1.807, 2.05) is 0 Å². The molecule has 2 atom stereocenters. The van der Waals surface area contributed by atoms with Crippen molar-refractivity contribution in [1.82, 2.24) is 0 Å². The van der Waals surface area contributed by atoms with Gasteiger partial charge >= 0.3 is 19.8 Å². The van der Waals surface area contributed by atoms with Crippen LogP contribution in [0, 0.1) is 0 Å². The number of rotatable bonds is 37. The van der Waals surface area contributed by atoms with Crippen LogP contribution in [-0.4, -0.2) is 49.3 Å². The monoisotopic (exact) mass is 740 g/mol. The number of esters is 2. The number of allylic oxidation sites excluding steroid dienone is 8. The first-order valence-electron chi connectivity index (χ1n) is 20.1. The molecule has 0 rings (SSSR count). The van der Waals surface area contributed by atoms with Crippen LogP contribution in [-0.2, 0) is 32.7 Å². The predicted molar refractivity (Wildman–Crippen MR) is 210 cm³/mol. The van der Waals surface area contributed by atoms with Crippen LogP contribution < -0.4 is 5.73 Å². The first kappa shape index (κ1) is 49.0. The molecular formula is C41H74NO8P. The second-order valence-corrected chi connectivity index (χ2v) is 14.6. The van der Waals surface area contributed by atoms with E-state index in [1.165, 1.54) is 77.0 Å². The molecule has 10 heteroatoms. The molecule has 0 spiro atoms. The maximum absolute atomic E-state index is 12.5. The van der Waals surface area contributed by atoms with Crippen molar-refractivity contribution in [2.24, 2.45) is 5.73 Å². The lowest BCUT2D eigenvalue weighted by molar-refractivity contribution is -0.161. The second-order valence-electron chi connectivity index (χ2n) is 13.1. The van der Waals surface area contributed by atoms with Crippen LogP contribution in [0.3, 0.4) is 0 Å². The highest BCUT2D eigenvalue weighted by atomic mass is 31.2. The Labute approximate surface area is 311 Å². The van der Waals surface area contributed by atoms with Gasteiger partial charge in [0.1, 0.15) is 6.61 Å². The van der Waals surface area contributed by atoms with Crippen molar-refractivity contribution in [2.75, 3.05) is 26.4 Å². The molecule has 51 heavy (non-hydrogen) atoms. The van der Waals surface area contributed by atoms with Gasteiger partial charge in [0.2, 0.25) is 0 Å². The van der Waals surface area contributed by atoms with Gasteiger partial charge < -0.3 is 20.1 Å². The predicted octanol–water partition coefficient (Wildman–Crippen LogP) is 11.2. The Hall–Kier alpha value is -2.03. The molecule has 9 nitrogen and oxygen atoms in total. The fraction of sp³-hybridized carbons (Fsp3) is 0.756. The maximum Gasteiger partial charge on any atom is 0.472 e. The fourth-order valence-electron chi connectivity index (χ4n) is 5.27. The van der Waals surface area contributed by atoms with Gasteiger partial charge in [-0.1, -0.05) is 152 Å². The number of hydrogen-bond donors (Lipinski definition) is 2. The summed E-state index contributed by atoms with van der Waals surface area (Å²) in [5, 5.41) is 0. The lowest BCUT2D eigenvalue weighted by Crippen LogP contribution is -2.29. The smallest absolute Gasteiger partial charge is 0.462 e. The third kappa shape index (κ3) is 37.5. The molecule has 0 radical (unpaired) electrons. The van der Waals surface area contributed by atoms with Gasteiger partial charge in [-0.25, -0.2) is 4.57 Å². The average Bonchev–Trinajstić information content (AvgIpc) is 3.11. The lowest BCUT2D eigenvalue weighted by Gasteiger charge is -2.19. The molecule has 0 aromatic heterocycles. The maximum atomic E-state index is 12.5. The van der Waals surface area contributed by atoms with Gasteiger partial charge in [-0.2, -0.15) is 0 Å². The Morgan fingerprint density at radius 1 is 0.608 bits per heavy atom. The van der Waals surface area contributed by atoms with E-state index in [4.69, 9.17) is 24.3 Å². The van der Waals surface area contributed by atoms with Crippen LogP contribution in [0.1, 0.15) is 168 Å². The second kappa shape index (κ2) is 37.7. The lowest BCUT2D eigenvalue weighted by atomic mass is 10.0. The summed E-state index contributed by atoms with van der Waals surface area (Å²) in [6.07, 6.45) is 41.4. The zero-order valence-electron chi connectivity index (χ0n) is 32.3. The van der Waals surface area contributed by atoms with E-state index in [1.54, 1.807) is 0 Å². The van der Waals surface area contributed by atoms with E-state index in [9.17, 15) is 19.0 Å². The van der Waals surface area contributed by atoms with Gasteiger partial charge in [0, 0.05) is 19.4 Å². The minimum absolute atomic E-state index is 0.0458. The minimum Gasteiger partial charge on any atom is -0.462 e. The molecule has 0 aliphatic heterocycles. The zero-order valence-corrected chi connectivity index (χ0v) is 33.2. The van der Waals surface area contributed by atoms with Crippen LogP contribution in [0.4, 0.5) is 0 Å². The van der Waals surface area contributed by atoms with Crippen molar-refractivity contribution >= 4 is 19.8 Å². The summed E-state index contributed by atoms with van der Waals surface area (Å²) in [6.45, 7) is 3.56. The van der Waals surface area contributed by atoms with Gasteiger partial charge in [-0.15, -0.1) is 0 Å². The minimum atomic E-state index is -4.38. The van der Waals surface area contributed by atoms with Crippen molar-refractivity contribution < 1.29 is 37.6 Å². The number of phosphoric ester groups is 1. The highest BCUT2D eigenvalue weighted by Crippen LogP contribution is 2.43. The summed E-state index contributed by atoms with van der Waals surface area (Å²) in [5.41, 5.74) is 5.33. The van der Waals surface area contributed by atoms with Crippen LogP contribution in [0.15, 0.2) is 48.6 Å². The number of phosphoric acid groups is 1. The number of carbonyl (C=O) groups is 2. The van der Waals surface area contributed by atoms with E-state index >= 15 is 0 Å². The molecule has 3 N–H and O–H groups in total. The molecule has 0 saturated carbocycles. The Morgan fingerprint density at radius 3 is 1.61 bits per heavy atom. The van der Waals surface area contributed by atoms with E-state index in [2.05, 4.69) is 62.5 Å². The number of unbranched alkanes of at least 4 members (excludes halogenated alkanes) is 16. The molecular weight excluding hydrogens is 665 g/mol. The number of nitrogens with two attached hydrogens (primary N) is 1. The quantitative estimate of drug-likeness (QED) is 0.0276. The summed E-state index contributed by atoms with van der Waals surface area (Å²) < 4.78 is 32.7. The highest BCUT2D eigenvalue weighted by Gasteiger charge is 2.25. The van der Waals surface area contributed by atoms with Crippen molar-refractivity contribution in [3.8, 4) is 0 Å². The van der Waals surface area contributed by atoms with Crippen LogP contribution in [0.25, 0.3) is 0 Å². The van der Waals surface area contributed by atoms with Crippen LogP contribution in [0.5, 0.6) is 0 Å². The van der Waals surface area contributed by atoms with Gasteiger partial charge in [0.15, 0.2) is 6.10 Å². The Bertz CT molecular complexity index is 981. The van der Waals surface area contributed by atoms with Gasteiger partial charge in [0.25, 0.3) is 0 Å². The van der Waals surface area contributed by atoms with Crippen molar-refractivity contribution in [3.63, 3.8) is 0 Å². The van der Waals surface area contributed by atoms with Gasteiger partial charge in [-0.3, -0.25) is 18.6 Å². The van der Waals surface area contributed by atoms with Gasteiger partial charge in [-0.05, 0) is 51.4 Å². The molecule has 1 unspecified atom stereocenters. The van der Waals surface area contributed by atoms with E-state index in [-0.39, 0.29) is 32.6 Å². The molecule has 0 fully saturated rings. The first-order chi connectivity index (χ1) is 24.8. The largest absolute Gasteiger partial charge is 0.472 e. The number of carbonyl (C=O) groups excluding carboxylic acids is 2. The summed E-state index contributed by atoms with van der Waals surface area (Å²) in [6, 6.07) is 0. The van der Waals surface area contributed by atoms with Crippen molar-refractivity contribution in [2.45, 2.75) is 174 Å². The van der Waals surface area contributed by atoms with E-state index < -0.39 is 32.5 Å². The topological polar surface area (TPSA) is 134 Å². The van der Waals surface area contributed by atoms with Crippen LogP contribution >= 0.6 is 7.82 Å². The fourth-order valence-corrected chi connectivity index (χ4v) is 6.04. The summed E-state index contributed by atoms with van der Waals surface area (Å²) in [7, 11) is -4.38. The Balaban J connectivity index is 4.26. The van der Waals surface area contributed by atoms with E-state index in [0.717, 1.165) is 57.8 Å². The third-order valence-electron chi connectivity index (χ3n) is 8.23. The van der Waals surface area contributed by atoms with Crippen molar-refractivity contribution in [1.29, 1.82) is 0 Å². The number of hydrogen-bond acceptors (Lipinski definition) is 8. The molecule has 0 saturated heterocycles. The average molecular weight is 740 g/mol. The molecule has 0 aliphatic rings. The SMILES string of the molecule is CC/C=C/C/C=C/C/C=C/C/C=C/CCCCC(=O)O[C@H](COC(=O)CCCCCCCCCCCCCCCCC)COP(=O)(O)OCCN. The Kier molecular flexibility index (Phi) is 36.2. The Morgan fingerprint density at radius 2 is 1.08 bits per heavy atom. The zero-order chi connectivity index (χ0) is 37.5. The van der Waals surface area contributed by atoms with E-state index in [0.29, 0.717) is 6.42 Å². The molecule has 296 valence electrons. The summed E-state index contributed by atoms with van der Waals surface area (Å²) in [5.74, 6) is -0.877. The summed E-state index contributed by atoms with van der Waals surface area (Å²) in [4.78, 5) is 34.8. The third-order valence-corrected chi connectivity index (χ3v) is 9.21. The molecule has 0 aromatic rings. The molecule has 0 amide bonds. The first-order valence-corrected chi connectivity index (χ1v) is 21.6. The normalized spacial score (nSPS) is 13.9.